The first-order valence-electron chi connectivity index (χ1n) is 9.64. The summed E-state index contributed by atoms with van der Waals surface area (Å²) < 4.78 is 13.2. The van der Waals surface area contributed by atoms with Crippen molar-refractivity contribution < 1.29 is 9.18 Å². The third-order valence-electron chi connectivity index (χ3n) is 5.53. The fourth-order valence-corrected chi connectivity index (χ4v) is 4.58. The zero-order chi connectivity index (χ0) is 18.7. The highest BCUT2D eigenvalue weighted by Gasteiger charge is 2.27. The molecule has 1 N–H and O–H groups in total. The summed E-state index contributed by atoms with van der Waals surface area (Å²) in [6, 6.07) is 4.11. The standard InChI is InChI=1S/C20H29ClFN3O/c1-14-9-15(2)12-24(11-14)13-16-5-7-25(8-6-16)20(26)23-17-3-4-19(22)18(21)10-17/h3-4,10,14-16H,5-9,11-13H2,1-2H3,(H,23,26)/t14-,15+. The Kier molecular flexibility index (Phi) is 6.41. The van der Waals surface area contributed by atoms with E-state index in [1.807, 2.05) is 4.90 Å². The minimum atomic E-state index is -0.480. The van der Waals surface area contributed by atoms with Crippen molar-refractivity contribution in [1.82, 2.24) is 9.80 Å². The molecule has 3 rings (SSSR count). The molecule has 0 aliphatic carbocycles. The van der Waals surface area contributed by atoms with Crippen LogP contribution in [0.5, 0.6) is 0 Å². The van der Waals surface area contributed by atoms with Gasteiger partial charge in [-0.15, -0.1) is 0 Å². The predicted octanol–water partition coefficient (Wildman–Crippen LogP) is 4.70. The smallest absolute Gasteiger partial charge is 0.321 e. The number of anilines is 1. The van der Waals surface area contributed by atoms with Gasteiger partial charge in [-0.05, 0) is 55.2 Å². The molecule has 2 amide bonds. The summed E-state index contributed by atoms with van der Waals surface area (Å²) in [4.78, 5) is 16.9. The lowest BCUT2D eigenvalue weighted by Crippen LogP contribution is -2.46. The summed E-state index contributed by atoms with van der Waals surface area (Å²) in [5.41, 5.74) is 0.528. The molecule has 2 saturated heterocycles. The number of urea groups is 1. The fourth-order valence-electron chi connectivity index (χ4n) is 4.40. The summed E-state index contributed by atoms with van der Waals surface area (Å²) in [6.45, 7) is 9.79. The molecule has 2 aliphatic rings. The van der Waals surface area contributed by atoms with Crippen LogP contribution in [0.15, 0.2) is 18.2 Å². The number of piperidine rings is 2. The van der Waals surface area contributed by atoms with Crippen LogP contribution in [0.4, 0.5) is 14.9 Å². The van der Waals surface area contributed by atoms with Crippen LogP contribution in [0.25, 0.3) is 0 Å². The molecule has 0 saturated carbocycles. The highest BCUT2D eigenvalue weighted by atomic mass is 35.5. The number of benzene rings is 1. The van der Waals surface area contributed by atoms with Crippen molar-refractivity contribution >= 4 is 23.3 Å². The fraction of sp³-hybridized carbons (Fsp3) is 0.650. The summed E-state index contributed by atoms with van der Waals surface area (Å²) in [6.07, 6.45) is 3.41. The molecule has 2 atom stereocenters. The van der Waals surface area contributed by atoms with Crippen molar-refractivity contribution in [2.75, 3.05) is 38.0 Å². The Morgan fingerprint density at radius 2 is 1.88 bits per heavy atom. The van der Waals surface area contributed by atoms with Gasteiger partial charge in [-0.1, -0.05) is 25.4 Å². The quantitative estimate of drug-likeness (QED) is 0.823. The maximum Gasteiger partial charge on any atom is 0.321 e. The average molecular weight is 382 g/mol. The van der Waals surface area contributed by atoms with Gasteiger partial charge in [0.05, 0.1) is 5.02 Å². The topological polar surface area (TPSA) is 35.6 Å². The van der Waals surface area contributed by atoms with Crippen molar-refractivity contribution in [1.29, 1.82) is 0 Å². The Morgan fingerprint density at radius 3 is 2.50 bits per heavy atom. The minimum absolute atomic E-state index is 0.0199. The monoisotopic (exact) mass is 381 g/mol. The first-order chi connectivity index (χ1) is 12.4. The van der Waals surface area contributed by atoms with Gasteiger partial charge >= 0.3 is 6.03 Å². The molecule has 26 heavy (non-hydrogen) atoms. The largest absolute Gasteiger partial charge is 0.325 e. The zero-order valence-corrected chi connectivity index (χ0v) is 16.4. The molecule has 144 valence electrons. The Bertz CT molecular complexity index is 623. The van der Waals surface area contributed by atoms with E-state index in [1.54, 1.807) is 0 Å². The third-order valence-corrected chi connectivity index (χ3v) is 5.82. The van der Waals surface area contributed by atoms with E-state index in [1.165, 1.54) is 37.7 Å². The number of hydrogen-bond donors (Lipinski definition) is 1. The highest BCUT2D eigenvalue weighted by molar-refractivity contribution is 6.31. The zero-order valence-electron chi connectivity index (χ0n) is 15.7. The first kappa shape index (κ1) is 19.4. The second kappa shape index (κ2) is 8.57. The first-order valence-corrected chi connectivity index (χ1v) is 10.0. The molecule has 1 aromatic rings. The number of amides is 2. The number of carbonyl (C=O) groups is 1. The summed E-state index contributed by atoms with van der Waals surface area (Å²) >= 11 is 5.77. The average Bonchev–Trinajstić information content (AvgIpc) is 2.58. The van der Waals surface area contributed by atoms with Crippen molar-refractivity contribution in [2.24, 2.45) is 17.8 Å². The summed E-state index contributed by atoms with van der Waals surface area (Å²) in [5, 5.41) is 2.83. The van der Waals surface area contributed by atoms with Gasteiger partial charge in [0.15, 0.2) is 0 Å². The Morgan fingerprint density at radius 1 is 1.23 bits per heavy atom. The number of rotatable bonds is 3. The van der Waals surface area contributed by atoms with Gasteiger partial charge in [-0.3, -0.25) is 0 Å². The Labute approximate surface area is 160 Å². The molecule has 0 spiro atoms. The van der Waals surface area contributed by atoms with Crippen LogP contribution in [0.2, 0.25) is 5.02 Å². The molecule has 0 aromatic heterocycles. The molecule has 0 radical (unpaired) electrons. The normalized spacial score (nSPS) is 25.3. The van der Waals surface area contributed by atoms with E-state index in [2.05, 4.69) is 24.1 Å². The molecule has 0 unspecified atom stereocenters. The lowest BCUT2D eigenvalue weighted by atomic mass is 9.89. The molecule has 0 bridgehead atoms. The van der Waals surface area contributed by atoms with Crippen molar-refractivity contribution in [3.05, 3.63) is 29.0 Å². The van der Waals surface area contributed by atoms with Crippen molar-refractivity contribution in [2.45, 2.75) is 33.1 Å². The molecule has 2 aliphatic heterocycles. The van der Waals surface area contributed by atoms with E-state index >= 15 is 0 Å². The predicted molar refractivity (Wildman–Crippen MR) is 104 cm³/mol. The van der Waals surface area contributed by atoms with E-state index in [4.69, 9.17) is 11.6 Å². The Hall–Kier alpha value is -1.33. The van der Waals surface area contributed by atoms with Gasteiger partial charge in [0, 0.05) is 38.4 Å². The molecular weight excluding hydrogens is 353 g/mol. The van der Waals surface area contributed by atoms with Crippen molar-refractivity contribution in [3.63, 3.8) is 0 Å². The van der Waals surface area contributed by atoms with Gasteiger partial charge < -0.3 is 15.1 Å². The number of nitrogens with one attached hydrogen (secondary N) is 1. The van der Waals surface area contributed by atoms with E-state index in [-0.39, 0.29) is 11.1 Å². The van der Waals surface area contributed by atoms with Gasteiger partial charge in [-0.2, -0.15) is 0 Å². The maximum absolute atomic E-state index is 13.2. The number of hydrogen-bond acceptors (Lipinski definition) is 2. The minimum Gasteiger partial charge on any atom is -0.325 e. The van der Waals surface area contributed by atoms with Crippen LogP contribution in [-0.4, -0.2) is 48.6 Å². The van der Waals surface area contributed by atoms with Gasteiger partial charge in [0.25, 0.3) is 0 Å². The SMILES string of the molecule is C[C@@H]1C[C@H](C)CN(CC2CCN(C(=O)Nc3ccc(F)c(Cl)c3)CC2)C1. The van der Waals surface area contributed by atoms with Crippen LogP contribution in [0, 0.1) is 23.6 Å². The van der Waals surface area contributed by atoms with Gasteiger partial charge in [0.2, 0.25) is 0 Å². The highest BCUT2D eigenvalue weighted by Crippen LogP contribution is 2.25. The Balaban J connectivity index is 1.45. The lowest BCUT2D eigenvalue weighted by Gasteiger charge is -2.39. The van der Waals surface area contributed by atoms with Crippen molar-refractivity contribution in [3.8, 4) is 0 Å². The van der Waals surface area contributed by atoms with Gasteiger partial charge in [-0.25, -0.2) is 9.18 Å². The molecule has 2 heterocycles. The molecule has 4 nitrogen and oxygen atoms in total. The van der Waals surface area contributed by atoms with E-state index in [0.29, 0.717) is 11.6 Å². The van der Waals surface area contributed by atoms with Crippen LogP contribution in [-0.2, 0) is 0 Å². The number of likely N-dealkylation sites (tertiary alicyclic amines) is 2. The van der Waals surface area contributed by atoms with Crippen LogP contribution < -0.4 is 5.32 Å². The second-order valence-electron chi connectivity index (χ2n) is 8.15. The molecule has 1 aromatic carbocycles. The van der Waals surface area contributed by atoms with Crippen LogP contribution >= 0.6 is 11.6 Å². The number of carbonyl (C=O) groups excluding carboxylic acids is 1. The van der Waals surface area contributed by atoms with Gasteiger partial charge in [0.1, 0.15) is 5.82 Å². The number of halogens is 2. The molecular formula is C20H29ClFN3O. The maximum atomic E-state index is 13.2. The lowest BCUT2D eigenvalue weighted by molar-refractivity contribution is 0.101. The molecule has 2 fully saturated rings. The second-order valence-corrected chi connectivity index (χ2v) is 8.56. The van der Waals surface area contributed by atoms with Crippen LogP contribution in [0.1, 0.15) is 33.1 Å². The summed E-state index contributed by atoms with van der Waals surface area (Å²) in [7, 11) is 0. The van der Waals surface area contributed by atoms with E-state index < -0.39 is 5.82 Å². The number of nitrogens with zero attached hydrogens (tertiary/aromatic N) is 2. The van der Waals surface area contributed by atoms with E-state index in [9.17, 15) is 9.18 Å². The van der Waals surface area contributed by atoms with E-state index in [0.717, 1.165) is 44.3 Å². The summed E-state index contributed by atoms with van der Waals surface area (Å²) in [5.74, 6) is 1.75. The van der Waals surface area contributed by atoms with Crippen LogP contribution in [0.3, 0.4) is 0 Å². The third kappa shape index (κ3) is 5.10. The molecule has 6 heteroatoms.